The molecule has 1 rings (SSSR count). The molecule has 0 saturated heterocycles. The fourth-order valence-electron chi connectivity index (χ4n) is 2.81. The summed E-state index contributed by atoms with van der Waals surface area (Å²) in [4.78, 5) is 10.7. The Hall–Kier alpha value is -0.570. The van der Waals surface area contributed by atoms with Crippen LogP contribution in [0.4, 0.5) is 0 Å². The summed E-state index contributed by atoms with van der Waals surface area (Å²) in [6.07, 6.45) is 3.61. The van der Waals surface area contributed by atoms with Gasteiger partial charge in [0.2, 0.25) is 5.91 Å². The van der Waals surface area contributed by atoms with Crippen LogP contribution in [0, 0.1) is 11.3 Å². The Morgan fingerprint density at radius 2 is 2.00 bits per heavy atom. The predicted molar refractivity (Wildman–Crippen MR) is 67.3 cm³/mol. The molecule has 1 amide bonds. The molecular weight excluding hydrogens is 200 g/mol. The number of hydrogen-bond donors (Lipinski definition) is 2. The summed E-state index contributed by atoms with van der Waals surface area (Å²) >= 11 is 0. The summed E-state index contributed by atoms with van der Waals surface area (Å²) in [7, 11) is 0. The SMILES string of the molecule is CC(=O)NCCCN[C@@H]1CC(C)(C)C[C@H]1C. The second kappa shape index (κ2) is 5.67. The molecule has 0 aromatic rings. The minimum atomic E-state index is 0.0652. The molecule has 0 aromatic heterocycles. The van der Waals surface area contributed by atoms with Crippen LogP contribution < -0.4 is 10.6 Å². The quantitative estimate of drug-likeness (QED) is 0.703. The minimum Gasteiger partial charge on any atom is -0.356 e. The summed E-state index contributed by atoms with van der Waals surface area (Å²) in [6, 6.07) is 0.660. The van der Waals surface area contributed by atoms with Gasteiger partial charge in [0.25, 0.3) is 0 Å². The zero-order valence-corrected chi connectivity index (χ0v) is 11.1. The van der Waals surface area contributed by atoms with Crippen molar-refractivity contribution in [1.29, 1.82) is 0 Å². The van der Waals surface area contributed by atoms with Gasteiger partial charge in [0.1, 0.15) is 0 Å². The van der Waals surface area contributed by atoms with Gasteiger partial charge < -0.3 is 10.6 Å². The van der Waals surface area contributed by atoms with E-state index in [9.17, 15) is 4.79 Å². The van der Waals surface area contributed by atoms with E-state index in [1.807, 2.05) is 0 Å². The molecule has 1 aliphatic carbocycles. The first-order chi connectivity index (χ1) is 7.41. The Bertz CT molecular complexity index is 238. The first-order valence-electron chi connectivity index (χ1n) is 6.38. The van der Waals surface area contributed by atoms with Crippen molar-refractivity contribution in [3.63, 3.8) is 0 Å². The molecular formula is C13H26N2O. The highest BCUT2D eigenvalue weighted by atomic mass is 16.1. The third-order valence-electron chi connectivity index (χ3n) is 3.47. The van der Waals surface area contributed by atoms with Crippen molar-refractivity contribution in [3.05, 3.63) is 0 Å². The van der Waals surface area contributed by atoms with Gasteiger partial charge in [-0.15, -0.1) is 0 Å². The van der Waals surface area contributed by atoms with Crippen LogP contribution in [-0.2, 0) is 4.79 Å². The van der Waals surface area contributed by atoms with E-state index in [-0.39, 0.29) is 5.91 Å². The highest BCUT2D eigenvalue weighted by Gasteiger charge is 2.35. The first kappa shape index (κ1) is 13.5. The number of nitrogens with one attached hydrogen (secondary N) is 2. The van der Waals surface area contributed by atoms with E-state index in [1.165, 1.54) is 12.8 Å². The number of carbonyl (C=O) groups is 1. The molecule has 3 nitrogen and oxygen atoms in total. The van der Waals surface area contributed by atoms with E-state index < -0.39 is 0 Å². The van der Waals surface area contributed by atoms with Crippen molar-refractivity contribution < 1.29 is 4.79 Å². The lowest BCUT2D eigenvalue weighted by atomic mass is 9.91. The average molecular weight is 226 g/mol. The molecule has 0 spiro atoms. The van der Waals surface area contributed by atoms with Crippen LogP contribution in [-0.4, -0.2) is 25.0 Å². The largest absolute Gasteiger partial charge is 0.356 e. The van der Waals surface area contributed by atoms with Crippen molar-refractivity contribution in [2.75, 3.05) is 13.1 Å². The summed E-state index contributed by atoms with van der Waals surface area (Å²) in [5.74, 6) is 0.839. The zero-order chi connectivity index (χ0) is 12.2. The Kier molecular flexibility index (Phi) is 4.78. The van der Waals surface area contributed by atoms with E-state index >= 15 is 0 Å². The van der Waals surface area contributed by atoms with E-state index in [1.54, 1.807) is 6.92 Å². The van der Waals surface area contributed by atoms with E-state index in [0.717, 1.165) is 25.4 Å². The maximum atomic E-state index is 10.7. The van der Waals surface area contributed by atoms with Gasteiger partial charge >= 0.3 is 0 Å². The average Bonchev–Trinajstić information content (AvgIpc) is 2.38. The van der Waals surface area contributed by atoms with Gasteiger partial charge in [-0.05, 0) is 37.1 Å². The van der Waals surface area contributed by atoms with Crippen molar-refractivity contribution in [3.8, 4) is 0 Å². The molecule has 16 heavy (non-hydrogen) atoms. The second-order valence-electron chi connectivity index (χ2n) is 5.95. The summed E-state index contributed by atoms with van der Waals surface area (Å²) in [6.45, 7) is 10.4. The molecule has 1 aliphatic rings. The van der Waals surface area contributed by atoms with Crippen molar-refractivity contribution in [2.24, 2.45) is 11.3 Å². The topological polar surface area (TPSA) is 41.1 Å². The highest BCUT2D eigenvalue weighted by molar-refractivity contribution is 5.72. The Morgan fingerprint density at radius 1 is 1.31 bits per heavy atom. The minimum absolute atomic E-state index is 0.0652. The fourth-order valence-corrected chi connectivity index (χ4v) is 2.81. The molecule has 1 saturated carbocycles. The smallest absolute Gasteiger partial charge is 0.216 e. The standard InChI is InChI=1S/C13H26N2O/c1-10-8-13(3,4)9-12(10)15-7-5-6-14-11(2)16/h10,12,15H,5-9H2,1-4H3,(H,14,16)/t10-,12-/m1/s1. The molecule has 0 bridgehead atoms. The van der Waals surface area contributed by atoms with Gasteiger partial charge in [-0.2, -0.15) is 0 Å². The number of rotatable bonds is 5. The fraction of sp³-hybridized carbons (Fsp3) is 0.923. The highest BCUT2D eigenvalue weighted by Crippen LogP contribution is 2.40. The number of hydrogen-bond acceptors (Lipinski definition) is 2. The van der Waals surface area contributed by atoms with Crippen molar-refractivity contribution in [1.82, 2.24) is 10.6 Å². The van der Waals surface area contributed by atoms with Crippen LogP contribution in [0.15, 0.2) is 0 Å². The predicted octanol–water partition coefficient (Wildman–Crippen LogP) is 1.93. The van der Waals surface area contributed by atoms with Gasteiger partial charge in [0.15, 0.2) is 0 Å². The Labute approximate surface area is 99.4 Å². The van der Waals surface area contributed by atoms with Crippen molar-refractivity contribution in [2.45, 2.75) is 53.0 Å². The maximum absolute atomic E-state index is 10.7. The summed E-state index contributed by atoms with van der Waals surface area (Å²) < 4.78 is 0. The molecule has 0 aliphatic heterocycles. The van der Waals surface area contributed by atoms with Gasteiger partial charge in [-0.1, -0.05) is 20.8 Å². The number of amides is 1. The number of carbonyl (C=O) groups excluding carboxylic acids is 1. The summed E-state index contributed by atoms with van der Waals surface area (Å²) in [5.41, 5.74) is 0.495. The molecule has 2 atom stereocenters. The molecule has 0 radical (unpaired) electrons. The third-order valence-corrected chi connectivity index (χ3v) is 3.47. The first-order valence-corrected chi connectivity index (χ1v) is 6.38. The Morgan fingerprint density at radius 3 is 2.50 bits per heavy atom. The normalized spacial score (nSPS) is 28.0. The molecule has 0 aromatic carbocycles. The molecule has 0 heterocycles. The monoisotopic (exact) mass is 226 g/mol. The molecule has 2 N–H and O–H groups in total. The van der Waals surface area contributed by atoms with Gasteiger partial charge in [0, 0.05) is 19.5 Å². The molecule has 94 valence electrons. The lowest BCUT2D eigenvalue weighted by Gasteiger charge is -2.18. The van der Waals surface area contributed by atoms with Gasteiger partial charge in [0.05, 0.1) is 0 Å². The van der Waals surface area contributed by atoms with Crippen LogP contribution >= 0.6 is 0 Å². The van der Waals surface area contributed by atoms with E-state index in [4.69, 9.17) is 0 Å². The third kappa shape index (κ3) is 4.52. The van der Waals surface area contributed by atoms with Crippen LogP contribution in [0.3, 0.4) is 0 Å². The van der Waals surface area contributed by atoms with E-state index in [2.05, 4.69) is 31.4 Å². The molecule has 0 unspecified atom stereocenters. The molecule has 3 heteroatoms. The van der Waals surface area contributed by atoms with Gasteiger partial charge in [-0.3, -0.25) is 4.79 Å². The Balaban J connectivity index is 2.12. The van der Waals surface area contributed by atoms with Crippen LogP contribution in [0.25, 0.3) is 0 Å². The lowest BCUT2D eigenvalue weighted by Crippen LogP contribution is -2.34. The summed E-state index contributed by atoms with van der Waals surface area (Å²) in [5, 5.41) is 6.43. The van der Waals surface area contributed by atoms with Crippen LogP contribution in [0.1, 0.15) is 47.0 Å². The second-order valence-corrected chi connectivity index (χ2v) is 5.95. The molecule has 1 fully saturated rings. The maximum Gasteiger partial charge on any atom is 0.216 e. The van der Waals surface area contributed by atoms with Crippen molar-refractivity contribution >= 4 is 5.91 Å². The zero-order valence-electron chi connectivity index (χ0n) is 11.1. The van der Waals surface area contributed by atoms with Crippen LogP contribution in [0.2, 0.25) is 0 Å². The lowest BCUT2D eigenvalue weighted by molar-refractivity contribution is -0.118. The van der Waals surface area contributed by atoms with Gasteiger partial charge in [-0.25, -0.2) is 0 Å². The van der Waals surface area contributed by atoms with Crippen LogP contribution in [0.5, 0.6) is 0 Å². The van der Waals surface area contributed by atoms with E-state index in [0.29, 0.717) is 11.5 Å².